The highest BCUT2D eigenvalue weighted by atomic mass is 16.2. The fraction of sp³-hybridized carbons (Fsp3) is 0.211. The topological polar surface area (TPSA) is 55.2 Å². The van der Waals surface area contributed by atoms with Crippen molar-refractivity contribution < 1.29 is 4.79 Å². The Morgan fingerprint density at radius 3 is 2.58 bits per heavy atom. The largest absolute Gasteiger partial charge is 0.307 e. The van der Waals surface area contributed by atoms with E-state index in [1.165, 1.54) is 10.2 Å². The zero-order chi connectivity index (χ0) is 16.7. The van der Waals surface area contributed by atoms with Crippen LogP contribution in [0.15, 0.2) is 53.3 Å². The number of benzene rings is 2. The van der Waals surface area contributed by atoms with Gasteiger partial charge >= 0.3 is 0 Å². The average molecular weight is 319 g/mol. The van der Waals surface area contributed by atoms with Crippen LogP contribution in [0.4, 0.5) is 5.69 Å². The third-order valence-electron chi connectivity index (χ3n) is 4.51. The SMILES string of the molecule is Cn1nc(C(=O)N2CCCc3ccccc32)c2ccccc2c1=O. The van der Waals surface area contributed by atoms with Gasteiger partial charge in [-0.3, -0.25) is 9.59 Å². The molecule has 0 bridgehead atoms. The lowest BCUT2D eigenvalue weighted by Crippen LogP contribution is -2.37. The Morgan fingerprint density at radius 1 is 1.04 bits per heavy atom. The van der Waals surface area contributed by atoms with Gasteiger partial charge in [0.05, 0.1) is 5.39 Å². The first-order chi connectivity index (χ1) is 11.7. The summed E-state index contributed by atoms with van der Waals surface area (Å²) in [5, 5.41) is 5.38. The van der Waals surface area contributed by atoms with Crippen LogP contribution in [0.2, 0.25) is 0 Å². The lowest BCUT2D eigenvalue weighted by atomic mass is 10.0. The van der Waals surface area contributed by atoms with Gasteiger partial charge in [0, 0.05) is 24.7 Å². The molecule has 0 atom stereocenters. The van der Waals surface area contributed by atoms with Gasteiger partial charge in [-0.15, -0.1) is 0 Å². The molecule has 2 aromatic carbocycles. The van der Waals surface area contributed by atoms with Crippen LogP contribution in [0.3, 0.4) is 0 Å². The van der Waals surface area contributed by atoms with Crippen LogP contribution in [0.5, 0.6) is 0 Å². The molecule has 4 rings (SSSR count). The maximum Gasteiger partial charge on any atom is 0.279 e. The second kappa shape index (κ2) is 5.60. The highest BCUT2D eigenvalue weighted by Gasteiger charge is 2.26. The third-order valence-corrected chi connectivity index (χ3v) is 4.51. The second-order valence-electron chi connectivity index (χ2n) is 6.01. The molecule has 1 amide bonds. The van der Waals surface area contributed by atoms with Crippen molar-refractivity contribution in [2.45, 2.75) is 12.8 Å². The van der Waals surface area contributed by atoms with Crippen molar-refractivity contribution in [3.8, 4) is 0 Å². The van der Waals surface area contributed by atoms with Crippen LogP contribution in [0.25, 0.3) is 10.8 Å². The highest BCUT2D eigenvalue weighted by molar-refractivity contribution is 6.12. The number of hydrogen-bond donors (Lipinski definition) is 0. The smallest absolute Gasteiger partial charge is 0.279 e. The maximum absolute atomic E-state index is 13.2. The number of aromatic nitrogens is 2. The number of fused-ring (bicyclic) bond motifs is 2. The summed E-state index contributed by atoms with van der Waals surface area (Å²) >= 11 is 0. The molecule has 0 spiro atoms. The normalized spacial score (nSPS) is 13.8. The predicted octanol–water partition coefficient (Wildman–Crippen LogP) is 2.53. The maximum atomic E-state index is 13.2. The van der Waals surface area contributed by atoms with Crippen molar-refractivity contribution in [1.82, 2.24) is 9.78 Å². The Morgan fingerprint density at radius 2 is 1.75 bits per heavy atom. The number of amides is 1. The molecule has 1 aliphatic rings. The number of nitrogens with zero attached hydrogens (tertiary/aromatic N) is 3. The fourth-order valence-electron chi connectivity index (χ4n) is 3.33. The van der Waals surface area contributed by atoms with Crippen molar-refractivity contribution in [2.24, 2.45) is 7.05 Å². The Hall–Kier alpha value is -2.95. The van der Waals surface area contributed by atoms with Gasteiger partial charge in [-0.25, -0.2) is 4.68 Å². The van der Waals surface area contributed by atoms with E-state index in [0.29, 0.717) is 23.0 Å². The molecule has 120 valence electrons. The zero-order valence-electron chi connectivity index (χ0n) is 13.4. The molecule has 0 N–H and O–H groups in total. The van der Waals surface area contributed by atoms with Crippen molar-refractivity contribution in [2.75, 3.05) is 11.4 Å². The molecule has 0 aliphatic carbocycles. The molecule has 3 aromatic rings. The number of anilines is 1. The first-order valence-corrected chi connectivity index (χ1v) is 8.02. The van der Waals surface area contributed by atoms with Crippen LogP contribution >= 0.6 is 0 Å². The molecule has 24 heavy (non-hydrogen) atoms. The third kappa shape index (κ3) is 2.21. The molecule has 1 aliphatic heterocycles. The molecule has 0 unspecified atom stereocenters. The molecule has 5 nitrogen and oxygen atoms in total. The van der Waals surface area contributed by atoms with Gasteiger partial charge in [0.2, 0.25) is 0 Å². The van der Waals surface area contributed by atoms with Gasteiger partial charge in [-0.05, 0) is 30.5 Å². The lowest BCUT2D eigenvalue weighted by molar-refractivity contribution is 0.0980. The number of carbonyl (C=O) groups excluding carboxylic acids is 1. The minimum absolute atomic E-state index is 0.158. The highest BCUT2D eigenvalue weighted by Crippen LogP contribution is 2.28. The Kier molecular flexibility index (Phi) is 3.41. The van der Waals surface area contributed by atoms with E-state index in [9.17, 15) is 9.59 Å². The van der Waals surface area contributed by atoms with Gasteiger partial charge in [0.1, 0.15) is 0 Å². The van der Waals surface area contributed by atoms with Gasteiger partial charge in [0.15, 0.2) is 5.69 Å². The second-order valence-corrected chi connectivity index (χ2v) is 6.01. The number of carbonyl (C=O) groups is 1. The van der Waals surface area contributed by atoms with E-state index in [2.05, 4.69) is 11.2 Å². The minimum atomic E-state index is -0.193. The molecule has 0 fully saturated rings. The van der Waals surface area contributed by atoms with Crippen LogP contribution in [-0.4, -0.2) is 22.2 Å². The van der Waals surface area contributed by atoms with Crippen LogP contribution in [-0.2, 0) is 13.5 Å². The lowest BCUT2D eigenvalue weighted by Gasteiger charge is -2.29. The predicted molar refractivity (Wildman–Crippen MR) is 93.4 cm³/mol. The molecule has 0 radical (unpaired) electrons. The van der Waals surface area contributed by atoms with Gasteiger partial charge in [-0.2, -0.15) is 5.10 Å². The van der Waals surface area contributed by atoms with E-state index in [1.54, 1.807) is 30.1 Å². The number of para-hydroxylation sites is 1. The number of hydrogen-bond acceptors (Lipinski definition) is 3. The monoisotopic (exact) mass is 319 g/mol. The summed E-state index contributed by atoms with van der Waals surface area (Å²) in [6.07, 6.45) is 1.90. The summed E-state index contributed by atoms with van der Waals surface area (Å²) in [5.74, 6) is -0.158. The number of aryl methyl sites for hydroxylation is 2. The van der Waals surface area contributed by atoms with E-state index in [1.807, 2.05) is 24.3 Å². The summed E-state index contributed by atoms with van der Waals surface area (Å²) in [4.78, 5) is 27.2. The molecule has 2 heterocycles. The van der Waals surface area contributed by atoms with Crippen LogP contribution < -0.4 is 10.5 Å². The standard InChI is InChI=1S/C19H17N3O2/c1-21-18(23)15-10-4-3-9-14(15)17(20-21)19(24)22-12-6-8-13-7-2-5-11-16(13)22/h2-5,7,9-11H,6,8,12H2,1H3. The van der Waals surface area contributed by atoms with E-state index in [4.69, 9.17) is 0 Å². The molecule has 1 aromatic heterocycles. The van der Waals surface area contributed by atoms with E-state index >= 15 is 0 Å². The fourth-order valence-corrected chi connectivity index (χ4v) is 3.33. The molecule has 5 heteroatoms. The molecule has 0 saturated carbocycles. The summed E-state index contributed by atoms with van der Waals surface area (Å²) in [7, 11) is 1.58. The molecular formula is C19H17N3O2. The van der Waals surface area contributed by atoms with Crippen molar-refractivity contribution in [1.29, 1.82) is 0 Å². The summed E-state index contributed by atoms with van der Waals surface area (Å²) in [6.45, 7) is 0.661. The van der Waals surface area contributed by atoms with Gasteiger partial charge in [0.25, 0.3) is 11.5 Å². The summed E-state index contributed by atoms with van der Waals surface area (Å²) in [5.41, 5.74) is 2.24. The van der Waals surface area contributed by atoms with E-state index in [0.717, 1.165) is 18.5 Å². The summed E-state index contributed by atoms with van der Waals surface area (Å²) in [6, 6.07) is 15.1. The Bertz CT molecular complexity index is 1010. The van der Waals surface area contributed by atoms with Crippen molar-refractivity contribution >= 4 is 22.4 Å². The average Bonchev–Trinajstić information content (AvgIpc) is 2.63. The first kappa shape index (κ1) is 14.6. The quantitative estimate of drug-likeness (QED) is 0.692. The number of rotatable bonds is 1. The Balaban J connectivity index is 1.89. The van der Waals surface area contributed by atoms with Gasteiger partial charge < -0.3 is 4.90 Å². The minimum Gasteiger partial charge on any atom is -0.307 e. The van der Waals surface area contributed by atoms with E-state index in [-0.39, 0.29) is 11.5 Å². The Labute approximate surface area is 139 Å². The van der Waals surface area contributed by atoms with Crippen molar-refractivity contribution in [3.63, 3.8) is 0 Å². The molecule has 0 saturated heterocycles. The van der Waals surface area contributed by atoms with Crippen LogP contribution in [0.1, 0.15) is 22.5 Å². The van der Waals surface area contributed by atoms with Crippen molar-refractivity contribution in [3.05, 3.63) is 70.1 Å². The molecular weight excluding hydrogens is 302 g/mol. The van der Waals surface area contributed by atoms with E-state index < -0.39 is 0 Å². The van der Waals surface area contributed by atoms with Crippen LogP contribution in [0, 0.1) is 0 Å². The van der Waals surface area contributed by atoms with Gasteiger partial charge in [-0.1, -0.05) is 36.4 Å². The summed E-state index contributed by atoms with van der Waals surface area (Å²) < 4.78 is 1.24. The first-order valence-electron chi connectivity index (χ1n) is 8.02. The zero-order valence-corrected chi connectivity index (χ0v) is 13.4.